The summed E-state index contributed by atoms with van der Waals surface area (Å²) in [5.74, 6) is -0.228. The van der Waals surface area contributed by atoms with E-state index in [1.165, 1.54) is 11.3 Å². The fourth-order valence-corrected chi connectivity index (χ4v) is 3.95. The van der Waals surface area contributed by atoms with Gasteiger partial charge in [0.2, 0.25) is 5.91 Å². The summed E-state index contributed by atoms with van der Waals surface area (Å²) in [6.45, 7) is 2.17. The molecule has 3 aromatic rings. The third kappa shape index (κ3) is 4.60. The summed E-state index contributed by atoms with van der Waals surface area (Å²) >= 11 is 1.51. The van der Waals surface area contributed by atoms with E-state index in [1.807, 2.05) is 11.4 Å². The number of nitrogens with two attached hydrogens (primary N) is 1. The number of ether oxygens (including phenoxy) is 1. The fraction of sp³-hybridized carbons (Fsp3) is 0.227. The molecule has 0 unspecified atom stereocenters. The second-order valence-electron chi connectivity index (χ2n) is 7.04. The number of rotatable bonds is 7. The molecule has 0 aliphatic carbocycles. The van der Waals surface area contributed by atoms with Crippen LogP contribution in [0.3, 0.4) is 0 Å². The topological polar surface area (TPSA) is 97.6 Å². The van der Waals surface area contributed by atoms with Gasteiger partial charge in [-0.05, 0) is 49.2 Å². The molecule has 1 aromatic heterocycles. The molecule has 0 bridgehead atoms. The smallest absolute Gasteiger partial charge is 0.255 e. The van der Waals surface area contributed by atoms with Crippen molar-refractivity contribution in [2.75, 3.05) is 23.3 Å². The highest BCUT2D eigenvalue weighted by Gasteiger charge is 2.19. The van der Waals surface area contributed by atoms with Gasteiger partial charge in [0.25, 0.3) is 5.91 Å². The van der Waals surface area contributed by atoms with Gasteiger partial charge in [-0.2, -0.15) is 0 Å². The number of carbonyl (C=O) groups is 2. The van der Waals surface area contributed by atoms with Crippen LogP contribution in [0, 0.1) is 0 Å². The zero-order valence-corrected chi connectivity index (χ0v) is 17.2. The SMILES string of the molecule is NC(=O)c1ccc(N2CCCC2)c(NC(=O)c2cccc(OCc3cscn3)c2)c1. The predicted octanol–water partition coefficient (Wildman–Crippen LogP) is 3.67. The van der Waals surface area contributed by atoms with Crippen LogP contribution in [0.5, 0.6) is 5.75 Å². The van der Waals surface area contributed by atoms with E-state index in [-0.39, 0.29) is 5.91 Å². The van der Waals surface area contributed by atoms with Gasteiger partial charge in [0, 0.05) is 29.6 Å². The largest absolute Gasteiger partial charge is 0.487 e. The highest BCUT2D eigenvalue weighted by atomic mass is 32.1. The molecular formula is C22H22N4O3S. The van der Waals surface area contributed by atoms with Gasteiger partial charge in [0.15, 0.2) is 0 Å². The van der Waals surface area contributed by atoms with Gasteiger partial charge < -0.3 is 20.7 Å². The minimum absolute atomic E-state index is 0.281. The number of primary amides is 1. The Bertz CT molecular complexity index is 1050. The van der Waals surface area contributed by atoms with Crippen LogP contribution in [0.4, 0.5) is 11.4 Å². The van der Waals surface area contributed by atoms with E-state index < -0.39 is 5.91 Å². The van der Waals surface area contributed by atoms with Crippen molar-refractivity contribution in [3.63, 3.8) is 0 Å². The third-order valence-corrected chi connectivity index (χ3v) is 5.58. The first-order valence-corrected chi connectivity index (χ1v) is 10.6. The van der Waals surface area contributed by atoms with E-state index in [0.29, 0.717) is 29.2 Å². The van der Waals surface area contributed by atoms with Gasteiger partial charge in [-0.1, -0.05) is 6.07 Å². The van der Waals surface area contributed by atoms with Crippen LogP contribution < -0.4 is 20.7 Å². The zero-order valence-electron chi connectivity index (χ0n) is 16.3. The number of hydrogen-bond donors (Lipinski definition) is 2. The van der Waals surface area contributed by atoms with Crippen LogP contribution in [0.1, 0.15) is 39.3 Å². The Morgan fingerprint density at radius 2 is 1.97 bits per heavy atom. The summed E-state index contributed by atoms with van der Waals surface area (Å²) in [7, 11) is 0. The number of aromatic nitrogens is 1. The van der Waals surface area contributed by atoms with Gasteiger partial charge in [0.1, 0.15) is 12.4 Å². The molecule has 0 radical (unpaired) electrons. The van der Waals surface area contributed by atoms with E-state index in [4.69, 9.17) is 10.5 Å². The molecule has 0 saturated carbocycles. The Hall–Kier alpha value is -3.39. The average Bonchev–Trinajstić information content (AvgIpc) is 3.46. The van der Waals surface area contributed by atoms with Crippen molar-refractivity contribution in [2.45, 2.75) is 19.4 Å². The highest BCUT2D eigenvalue weighted by molar-refractivity contribution is 7.07. The van der Waals surface area contributed by atoms with E-state index in [0.717, 1.165) is 37.3 Å². The van der Waals surface area contributed by atoms with Crippen molar-refractivity contribution in [3.05, 3.63) is 70.2 Å². The monoisotopic (exact) mass is 422 g/mol. The van der Waals surface area contributed by atoms with Gasteiger partial charge in [-0.15, -0.1) is 11.3 Å². The number of benzene rings is 2. The number of thiazole rings is 1. The Morgan fingerprint density at radius 3 is 2.70 bits per heavy atom. The normalized spacial score (nSPS) is 13.3. The maximum Gasteiger partial charge on any atom is 0.255 e. The van der Waals surface area contributed by atoms with Crippen molar-refractivity contribution in [2.24, 2.45) is 5.73 Å². The minimum atomic E-state index is -0.532. The Kier molecular flexibility index (Phi) is 5.94. The van der Waals surface area contributed by atoms with Crippen LogP contribution in [-0.2, 0) is 6.61 Å². The summed E-state index contributed by atoms with van der Waals surface area (Å²) < 4.78 is 5.74. The summed E-state index contributed by atoms with van der Waals surface area (Å²) in [6, 6.07) is 12.1. The van der Waals surface area contributed by atoms with E-state index in [2.05, 4.69) is 15.2 Å². The van der Waals surface area contributed by atoms with E-state index >= 15 is 0 Å². The molecular weight excluding hydrogens is 400 g/mol. The Morgan fingerprint density at radius 1 is 1.13 bits per heavy atom. The molecule has 3 N–H and O–H groups in total. The summed E-state index contributed by atoms with van der Waals surface area (Å²) in [5, 5.41) is 4.86. The molecule has 0 spiro atoms. The van der Waals surface area contributed by atoms with Crippen molar-refractivity contribution in [1.82, 2.24) is 4.98 Å². The maximum atomic E-state index is 12.9. The molecule has 2 amide bonds. The average molecular weight is 423 g/mol. The van der Waals surface area contributed by atoms with Crippen LogP contribution in [-0.4, -0.2) is 29.9 Å². The molecule has 2 heterocycles. The lowest BCUT2D eigenvalue weighted by Gasteiger charge is -2.22. The lowest BCUT2D eigenvalue weighted by Crippen LogP contribution is -2.22. The first kappa shape index (κ1) is 19.9. The number of nitrogens with one attached hydrogen (secondary N) is 1. The third-order valence-electron chi connectivity index (χ3n) is 4.94. The lowest BCUT2D eigenvalue weighted by atomic mass is 10.1. The minimum Gasteiger partial charge on any atom is -0.487 e. The molecule has 1 fully saturated rings. The van der Waals surface area contributed by atoms with Gasteiger partial charge in [-0.25, -0.2) is 4.98 Å². The van der Waals surface area contributed by atoms with Crippen molar-refractivity contribution < 1.29 is 14.3 Å². The first-order chi connectivity index (χ1) is 14.6. The number of carbonyl (C=O) groups excluding carboxylic acids is 2. The standard InChI is InChI=1S/C22H22N4O3S/c23-21(27)15-6-7-20(26-8-1-2-9-26)19(11-15)25-22(28)16-4-3-5-18(10-16)29-12-17-13-30-14-24-17/h3-7,10-11,13-14H,1-2,8-9,12H2,(H2,23,27)(H,25,28). The number of hydrogen-bond acceptors (Lipinski definition) is 6. The Labute approximate surface area is 178 Å². The predicted molar refractivity (Wildman–Crippen MR) is 117 cm³/mol. The van der Waals surface area contributed by atoms with E-state index in [1.54, 1.807) is 41.9 Å². The lowest BCUT2D eigenvalue weighted by molar-refractivity contribution is 0.0996. The molecule has 154 valence electrons. The van der Waals surface area contributed by atoms with Crippen LogP contribution >= 0.6 is 11.3 Å². The number of anilines is 2. The van der Waals surface area contributed by atoms with Crippen molar-refractivity contribution >= 4 is 34.5 Å². The fourth-order valence-electron chi connectivity index (χ4n) is 3.41. The van der Waals surface area contributed by atoms with Crippen LogP contribution in [0.25, 0.3) is 0 Å². The number of amides is 2. The van der Waals surface area contributed by atoms with Gasteiger partial charge in [0.05, 0.1) is 22.6 Å². The molecule has 1 aliphatic heterocycles. The quantitative estimate of drug-likeness (QED) is 0.605. The molecule has 2 aromatic carbocycles. The van der Waals surface area contributed by atoms with E-state index in [9.17, 15) is 9.59 Å². The highest BCUT2D eigenvalue weighted by Crippen LogP contribution is 2.30. The van der Waals surface area contributed by atoms with Crippen molar-refractivity contribution in [3.8, 4) is 5.75 Å². The molecule has 7 nitrogen and oxygen atoms in total. The van der Waals surface area contributed by atoms with Crippen molar-refractivity contribution in [1.29, 1.82) is 0 Å². The number of nitrogens with zero attached hydrogens (tertiary/aromatic N) is 2. The Balaban J connectivity index is 1.53. The van der Waals surface area contributed by atoms with Gasteiger partial charge >= 0.3 is 0 Å². The summed E-state index contributed by atoms with van der Waals surface area (Å²) in [6.07, 6.45) is 2.20. The first-order valence-electron chi connectivity index (χ1n) is 9.70. The van der Waals surface area contributed by atoms with Gasteiger partial charge in [-0.3, -0.25) is 9.59 Å². The molecule has 8 heteroatoms. The molecule has 4 rings (SSSR count). The van der Waals surface area contributed by atoms with Crippen LogP contribution in [0.15, 0.2) is 53.4 Å². The maximum absolute atomic E-state index is 12.9. The molecule has 30 heavy (non-hydrogen) atoms. The molecule has 0 atom stereocenters. The second kappa shape index (κ2) is 8.96. The second-order valence-corrected chi connectivity index (χ2v) is 7.76. The molecule has 1 aliphatic rings. The molecule has 1 saturated heterocycles. The summed E-state index contributed by atoms with van der Waals surface area (Å²) in [5.41, 5.74) is 10.3. The zero-order chi connectivity index (χ0) is 20.9. The van der Waals surface area contributed by atoms with Crippen LogP contribution in [0.2, 0.25) is 0 Å². The summed E-state index contributed by atoms with van der Waals surface area (Å²) in [4.78, 5) is 31.0.